The third-order valence-electron chi connectivity index (χ3n) is 4.85. The highest BCUT2D eigenvalue weighted by molar-refractivity contribution is 5.96. The van der Waals surface area contributed by atoms with Crippen molar-refractivity contribution >= 4 is 5.78 Å². The van der Waals surface area contributed by atoms with Gasteiger partial charge in [-0.2, -0.15) is 0 Å². The largest absolute Gasteiger partial charge is 0.298 e. The quantitative estimate of drug-likeness (QED) is 0.393. The van der Waals surface area contributed by atoms with Gasteiger partial charge in [0.05, 0.1) is 5.41 Å². The minimum Gasteiger partial charge on any atom is -0.298 e. The second-order valence-corrected chi connectivity index (χ2v) is 6.42. The molecule has 1 rings (SSSR count). The van der Waals surface area contributed by atoms with E-state index in [0.29, 0.717) is 12.2 Å². The first-order valence-electron chi connectivity index (χ1n) is 8.82. The number of Topliss-reactive ketones (excluding diaryl/α,β-unsaturated/α-hetero) is 1. The van der Waals surface area contributed by atoms with E-state index in [0.717, 1.165) is 51.4 Å². The van der Waals surface area contributed by atoms with Crippen LogP contribution in [0.3, 0.4) is 0 Å². The van der Waals surface area contributed by atoms with Gasteiger partial charge in [0, 0.05) is 12.3 Å². The highest BCUT2D eigenvalue weighted by atomic mass is 16.1. The number of rotatable bonds is 9. The van der Waals surface area contributed by atoms with Gasteiger partial charge in [-0.05, 0) is 25.7 Å². The zero-order valence-corrected chi connectivity index (χ0v) is 14.4. The Balaban J connectivity index is 3.38. The summed E-state index contributed by atoms with van der Waals surface area (Å²) in [6, 6.07) is 0. The maximum Gasteiger partial charge on any atom is 0.151 e. The first-order valence-corrected chi connectivity index (χ1v) is 8.82. The molecule has 0 aliphatic heterocycles. The van der Waals surface area contributed by atoms with Crippen LogP contribution in [-0.2, 0) is 4.79 Å². The number of terminal acetylenes is 1. The van der Waals surface area contributed by atoms with Crippen LogP contribution in [0, 0.1) is 23.7 Å². The number of ketones is 1. The number of carbonyl (C=O) groups excluding carboxylic acids is 1. The van der Waals surface area contributed by atoms with E-state index in [2.05, 4.69) is 33.6 Å². The predicted octanol–water partition coefficient (Wildman–Crippen LogP) is 5.69. The molecular formula is C20H32O. The Hall–Kier alpha value is -1.03. The molecule has 2 atom stereocenters. The average molecular weight is 288 g/mol. The molecule has 0 spiro atoms. The van der Waals surface area contributed by atoms with E-state index in [4.69, 9.17) is 6.42 Å². The molecular weight excluding hydrogens is 256 g/mol. The van der Waals surface area contributed by atoms with E-state index < -0.39 is 0 Å². The second kappa shape index (κ2) is 8.42. The van der Waals surface area contributed by atoms with Crippen molar-refractivity contribution in [2.24, 2.45) is 11.3 Å². The van der Waals surface area contributed by atoms with Crippen molar-refractivity contribution in [2.45, 2.75) is 85.5 Å². The van der Waals surface area contributed by atoms with Crippen molar-refractivity contribution in [3.63, 3.8) is 0 Å². The number of hydrogen-bond acceptors (Lipinski definition) is 1. The molecule has 0 saturated carbocycles. The first kappa shape index (κ1) is 18.0. The molecule has 0 saturated heterocycles. The van der Waals surface area contributed by atoms with E-state index in [1.54, 1.807) is 0 Å². The predicted molar refractivity (Wildman–Crippen MR) is 91.0 cm³/mol. The van der Waals surface area contributed by atoms with E-state index in [1.165, 1.54) is 11.1 Å². The van der Waals surface area contributed by atoms with Gasteiger partial charge >= 0.3 is 0 Å². The van der Waals surface area contributed by atoms with E-state index in [-0.39, 0.29) is 11.3 Å². The topological polar surface area (TPSA) is 17.1 Å². The fourth-order valence-corrected chi connectivity index (χ4v) is 4.15. The van der Waals surface area contributed by atoms with Crippen LogP contribution >= 0.6 is 0 Å². The first-order chi connectivity index (χ1) is 10.1. The van der Waals surface area contributed by atoms with E-state index in [9.17, 15) is 4.79 Å². The molecule has 21 heavy (non-hydrogen) atoms. The zero-order chi connectivity index (χ0) is 15.9. The summed E-state index contributed by atoms with van der Waals surface area (Å²) >= 11 is 0. The van der Waals surface area contributed by atoms with Gasteiger partial charge in [0.2, 0.25) is 0 Å². The third-order valence-corrected chi connectivity index (χ3v) is 4.85. The summed E-state index contributed by atoms with van der Waals surface area (Å²) in [7, 11) is 0. The Morgan fingerprint density at radius 3 is 2.19 bits per heavy atom. The molecule has 0 fully saturated rings. The van der Waals surface area contributed by atoms with Gasteiger partial charge in [-0.1, -0.05) is 64.5 Å². The molecule has 0 aromatic carbocycles. The van der Waals surface area contributed by atoms with Crippen LogP contribution in [0.2, 0.25) is 0 Å². The average Bonchev–Trinajstić information content (AvgIpc) is 2.65. The standard InChI is InChI=1S/C20H32O/c1-6-11-16-17(12-7-2)19(21)20(14-9-4,15-10-5)18(16)13-8-3/h4,17H,6-8,10-15H2,1-3,5H3/t17-,20+/m0/s1. The van der Waals surface area contributed by atoms with Crippen molar-refractivity contribution in [1.82, 2.24) is 0 Å². The van der Waals surface area contributed by atoms with Crippen molar-refractivity contribution < 1.29 is 4.79 Å². The molecule has 1 aliphatic carbocycles. The molecule has 1 aliphatic rings. The number of allylic oxidation sites excluding steroid dienone is 2. The van der Waals surface area contributed by atoms with Crippen LogP contribution in [-0.4, -0.2) is 5.78 Å². The van der Waals surface area contributed by atoms with Gasteiger partial charge in [-0.3, -0.25) is 4.79 Å². The Morgan fingerprint density at radius 2 is 1.71 bits per heavy atom. The van der Waals surface area contributed by atoms with Crippen LogP contribution in [0.1, 0.15) is 85.5 Å². The molecule has 0 heterocycles. The monoisotopic (exact) mass is 288 g/mol. The molecule has 1 heteroatoms. The molecule has 0 bridgehead atoms. The number of carbonyl (C=O) groups is 1. The molecule has 0 unspecified atom stereocenters. The molecule has 0 N–H and O–H groups in total. The van der Waals surface area contributed by atoms with Crippen LogP contribution < -0.4 is 0 Å². The normalized spacial score (nSPS) is 25.5. The van der Waals surface area contributed by atoms with Crippen LogP contribution in [0.25, 0.3) is 0 Å². The summed E-state index contributed by atoms with van der Waals surface area (Å²) in [6.07, 6.45) is 14.6. The van der Waals surface area contributed by atoms with Crippen molar-refractivity contribution in [1.29, 1.82) is 0 Å². The zero-order valence-electron chi connectivity index (χ0n) is 14.4. The maximum atomic E-state index is 13.2. The van der Waals surface area contributed by atoms with Gasteiger partial charge in [0.15, 0.2) is 5.78 Å². The maximum absolute atomic E-state index is 13.2. The van der Waals surface area contributed by atoms with Crippen molar-refractivity contribution in [3.8, 4) is 12.3 Å². The van der Waals surface area contributed by atoms with E-state index >= 15 is 0 Å². The number of hydrogen-bond donors (Lipinski definition) is 0. The summed E-state index contributed by atoms with van der Waals surface area (Å²) < 4.78 is 0. The fourth-order valence-electron chi connectivity index (χ4n) is 4.15. The molecule has 0 amide bonds. The fraction of sp³-hybridized carbons (Fsp3) is 0.750. The summed E-state index contributed by atoms with van der Waals surface area (Å²) in [5.41, 5.74) is 2.55. The Morgan fingerprint density at radius 1 is 1.05 bits per heavy atom. The van der Waals surface area contributed by atoms with Crippen molar-refractivity contribution in [2.75, 3.05) is 0 Å². The van der Waals surface area contributed by atoms with Crippen LogP contribution in [0.4, 0.5) is 0 Å². The van der Waals surface area contributed by atoms with Crippen molar-refractivity contribution in [3.05, 3.63) is 11.1 Å². The highest BCUT2D eigenvalue weighted by Gasteiger charge is 2.50. The Bertz CT molecular complexity index is 424. The summed E-state index contributed by atoms with van der Waals surface area (Å²) in [5, 5.41) is 0. The summed E-state index contributed by atoms with van der Waals surface area (Å²) in [4.78, 5) is 13.2. The molecule has 118 valence electrons. The van der Waals surface area contributed by atoms with Crippen LogP contribution in [0.15, 0.2) is 11.1 Å². The third kappa shape index (κ3) is 3.42. The lowest BCUT2D eigenvalue weighted by Crippen LogP contribution is -2.32. The highest BCUT2D eigenvalue weighted by Crippen LogP contribution is 2.52. The van der Waals surface area contributed by atoms with Crippen LogP contribution in [0.5, 0.6) is 0 Å². The summed E-state index contributed by atoms with van der Waals surface area (Å²) in [5.74, 6) is 3.41. The molecule has 1 nitrogen and oxygen atoms in total. The SMILES string of the molecule is C#CC[C@]1(CCC)C(=O)[C@@H](CCC)C(CCC)=C1CCC. The molecule has 0 aromatic heterocycles. The summed E-state index contributed by atoms with van der Waals surface area (Å²) in [6.45, 7) is 8.77. The molecule has 0 radical (unpaired) electrons. The Kier molecular flexibility index (Phi) is 7.23. The smallest absolute Gasteiger partial charge is 0.151 e. The lowest BCUT2D eigenvalue weighted by atomic mass is 9.71. The Labute approximate surface area is 131 Å². The van der Waals surface area contributed by atoms with E-state index in [1.807, 2.05) is 0 Å². The van der Waals surface area contributed by atoms with Gasteiger partial charge in [0.1, 0.15) is 0 Å². The lowest BCUT2D eigenvalue weighted by Gasteiger charge is -2.30. The minimum absolute atomic E-state index is 0.149. The van der Waals surface area contributed by atoms with Gasteiger partial charge < -0.3 is 0 Å². The minimum atomic E-state index is -0.330. The van der Waals surface area contributed by atoms with Gasteiger partial charge in [0.25, 0.3) is 0 Å². The van der Waals surface area contributed by atoms with Gasteiger partial charge in [-0.25, -0.2) is 0 Å². The lowest BCUT2D eigenvalue weighted by molar-refractivity contribution is -0.128. The second-order valence-electron chi connectivity index (χ2n) is 6.42. The molecule has 0 aromatic rings. The van der Waals surface area contributed by atoms with Gasteiger partial charge in [-0.15, -0.1) is 12.3 Å².